The largest absolute Gasteiger partial charge is 0.396 e. The second-order valence-corrected chi connectivity index (χ2v) is 5.34. The van der Waals surface area contributed by atoms with Crippen molar-refractivity contribution in [2.45, 2.75) is 38.1 Å². The van der Waals surface area contributed by atoms with Crippen LogP contribution in [0.2, 0.25) is 0 Å². The molecule has 1 fully saturated rings. The van der Waals surface area contributed by atoms with E-state index in [9.17, 15) is 4.79 Å². The highest BCUT2D eigenvalue weighted by Crippen LogP contribution is 2.29. The molecule has 1 saturated carbocycles. The van der Waals surface area contributed by atoms with Crippen molar-refractivity contribution in [1.29, 1.82) is 0 Å². The Morgan fingerprint density at radius 3 is 2.53 bits per heavy atom. The molecule has 1 N–H and O–H groups in total. The molecule has 19 heavy (non-hydrogen) atoms. The van der Waals surface area contributed by atoms with Crippen molar-refractivity contribution in [3.8, 4) is 0 Å². The van der Waals surface area contributed by atoms with Gasteiger partial charge in [0.1, 0.15) is 0 Å². The number of rotatable bonds is 4. The first-order valence-corrected chi connectivity index (χ1v) is 7.00. The van der Waals surface area contributed by atoms with E-state index in [1.165, 1.54) is 0 Å². The molecular formula is C15H22N2O2. The van der Waals surface area contributed by atoms with Gasteiger partial charge in [-0.25, -0.2) is 0 Å². The lowest BCUT2D eigenvalue weighted by Crippen LogP contribution is -2.39. The van der Waals surface area contributed by atoms with Crippen molar-refractivity contribution in [3.63, 3.8) is 0 Å². The summed E-state index contributed by atoms with van der Waals surface area (Å²) in [5.74, 6) is 0.707. The van der Waals surface area contributed by atoms with Gasteiger partial charge in [-0.3, -0.25) is 9.78 Å². The maximum Gasteiger partial charge on any atom is 0.253 e. The second-order valence-electron chi connectivity index (χ2n) is 5.34. The summed E-state index contributed by atoms with van der Waals surface area (Å²) >= 11 is 0. The van der Waals surface area contributed by atoms with Gasteiger partial charge in [0.15, 0.2) is 0 Å². The summed E-state index contributed by atoms with van der Waals surface area (Å²) in [6.07, 6.45) is 8.50. The van der Waals surface area contributed by atoms with E-state index in [2.05, 4.69) is 4.98 Å². The zero-order chi connectivity index (χ0) is 13.7. The number of hydrogen-bond acceptors (Lipinski definition) is 3. The topological polar surface area (TPSA) is 53.4 Å². The van der Waals surface area contributed by atoms with Crippen LogP contribution in [-0.2, 0) is 0 Å². The Morgan fingerprint density at radius 2 is 1.95 bits per heavy atom. The van der Waals surface area contributed by atoms with Crippen molar-refractivity contribution in [1.82, 2.24) is 9.88 Å². The minimum atomic E-state index is 0.0769. The van der Waals surface area contributed by atoms with Gasteiger partial charge >= 0.3 is 0 Å². The highest BCUT2D eigenvalue weighted by molar-refractivity contribution is 5.94. The smallest absolute Gasteiger partial charge is 0.253 e. The Hall–Kier alpha value is -1.42. The molecule has 1 aliphatic rings. The average molecular weight is 262 g/mol. The molecule has 0 aliphatic heterocycles. The number of pyridine rings is 1. The molecule has 0 atom stereocenters. The van der Waals surface area contributed by atoms with Crippen molar-refractivity contribution in [3.05, 3.63) is 30.1 Å². The number of aromatic nitrogens is 1. The lowest BCUT2D eigenvalue weighted by molar-refractivity contribution is 0.0667. The number of aliphatic hydroxyl groups is 1. The molecule has 1 amide bonds. The number of nitrogens with zero attached hydrogens (tertiary/aromatic N) is 2. The highest BCUT2D eigenvalue weighted by atomic mass is 16.3. The Kier molecular flexibility index (Phi) is 4.91. The monoisotopic (exact) mass is 262 g/mol. The van der Waals surface area contributed by atoms with Crippen LogP contribution in [0.4, 0.5) is 0 Å². The van der Waals surface area contributed by atoms with E-state index in [1.807, 2.05) is 11.9 Å². The number of aliphatic hydroxyl groups excluding tert-OH is 1. The molecule has 0 radical (unpaired) electrons. The van der Waals surface area contributed by atoms with Crippen LogP contribution >= 0.6 is 0 Å². The Labute approximate surface area is 114 Å². The highest BCUT2D eigenvalue weighted by Gasteiger charge is 2.26. The van der Waals surface area contributed by atoms with Crippen LogP contribution in [0.1, 0.15) is 42.5 Å². The fourth-order valence-corrected chi connectivity index (χ4v) is 2.87. The molecule has 0 spiro atoms. The van der Waals surface area contributed by atoms with E-state index in [1.54, 1.807) is 24.5 Å². The van der Waals surface area contributed by atoms with Crippen molar-refractivity contribution in [2.24, 2.45) is 5.92 Å². The number of hydrogen-bond donors (Lipinski definition) is 1. The van der Waals surface area contributed by atoms with Crippen LogP contribution in [0, 0.1) is 5.92 Å². The van der Waals surface area contributed by atoms with Crippen LogP contribution in [0.3, 0.4) is 0 Å². The summed E-state index contributed by atoms with van der Waals surface area (Å²) in [5, 5.41) is 8.96. The predicted octanol–water partition coefficient (Wildman–Crippen LogP) is 2.09. The van der Waals surface area contributed by atoms with Gasteiger partial charge in [0.25, 0.3) is 5.91 Å². The quantitative estimate of drug-likeness (QED) is 0.904. The zero-order valence-electron chi connectivity index (χ0n) is 11.5. The van der Waals surface area contributed by atoms with E-state index in [-0.39, 0.29) is 12.5 Å². The standard InChI is InChI=1S/C15H22N2O2/c1-17(15(19)13-6-9-16-10-7-13)14-4-2-12(3-5-14)8-11-18/h6-7,9-10,12,14,18H,2-5,8,11H2,1H3. The fraction of sp³-hybridized carbons (Fsp3) is 0.600. The van der Waals surface area contributed by atoms with Crippen LogP contribution in [0.15, 0.2) is 24.5 Å². The summed E-state index contributed by atoms with van der Waals surface area (Å²) in [6.45, 7) is 0.279. The molecule has 104 valence electrons. The van der Waals surface area contributed by atoms with E-state index in [0.717, 1.165) is 32.1 Å². The summed E-state index contributed by atoms with van der Waals surface area (Å²) in [6, 6.07) is 3.85. The third kappa shape index (κ3) is 3.53. The first-order chi connectivity index (χ1) is 9.22. The Balaban J connectivity index is 1.91. The maximum atomic E-state index is 12.3. The third-order valence-corrected chi connectivity index (χ3v) is 4.15. The lowest BCUT2D eigenvalue weighted by Gasteiger charge is -2.34. The van der Waals surface area contributed by atoms with E-state index in [4.69, 9.17) is 5.11 Å². The molecule has 1 aromatic heterocycles. The predicted molar refractivity (Wildman–Crippen MR) is 73.8 cm³/mol. The van der Waals surface area contributed by atoms with Crippen LogP contribution in [-0.4, -0.2) is 40.6 Å². The second kappa shape index (κ2) is 6.66. The van der Waals surface area contributed by atoms with Crippen LogP contribution in [0.5, 0.6) is 0 Å². The Bertz CT molecular complexity index is 400. The van der Waals surface area contributed by atoms with E-state index in [0.29, 0.717) is 17.5 Å². The summed E-state index contributed by atoms with van der Waals surface area (Å²) < 4.78 is 0. The van der Waals surface area contributed by atoms with Gasteiger partial charge in [-0.05, 0) is 50.2 Å². The van der Waals surface area contributed by atoms with E-state index >= 15 is 0 Å². The first-order valence-electron chi connectivity index (χ1n) is 7.00. The van der Waals surface area contributed by atoms with E-state index < -0.39 is 0 Å². The molecule has 1 heterocycles. The van der Waals surface area contributed by atoms with Gasteiger partial charge in [-0.15, -0.1) is 0 Å². The molecule has 1 aromatic rings. The first kappa shape index (κ1) is 14.0. The molecule has 0 aromatic carbocycles. The van der Waals surface area contributed by atoms with Gasteiger partial charge in [0.05, 0.1) is 0 Å². The molecule has 0 bridgehead atoms. The van der Waals surface area contributed by atoms with Gasteiger partial charge in [-0.2, -0.15) is 0 Å². The fourth-order valence-electron chi connectivity index (χ4n) is 2.87. The lowest BCUT2D eigenvalue weighted by atomic mass is 9.83. The van der Waals surface area contributed by atoms with Crippen LogP contribution < -0.4 is 0 Å². The van der Waals surface area contributed by atoms with Gasteiger partial charge in [-0.1, -0.05) is 0 Å². The molecule has 4 heteroatoms. The van der Waals surface area contributed by atoms with Crippen molar-refractivity contribution < 1.29 is 9.90 Å². The van der Waals surface area contributed by atoms with Crippen LogP contribution in [0.25, 0.3) is 0 Å². The summed E-state index contributed by atoms with van der Waals surface area (Å²) in [5.41, 5.74) is 0.704. The van der Waals surface area contributed by atoms with Crippen molar-refractivity contribution >= 4 is 5.91 Å². The summed E-state index contributed by atoms with van der Waals surface area (Å²) in [4.78, 5) is 18.1. The SMILES string of the molecule is CN(C(=O)c1ccncc1)C1CCC(CCO)CC1. The van der Waals surface area contributed by atoms with Gasteiger partial charge < -0.3 is 10.0 Å². The normalized spacial score (nSPS) is 23.1. The third-order valence-electron chi connectivity index (χ3n) is 4.15. The zero-order valence-corrected chi connectivity index (χ0v) is 11.5. The number of carbonyl (C=O) groups is 1. The molecule has 2 rings (SSSR count). The maximum absolute atomic E-state index is 12.3. The summed E-state index contributed by atoms with van der Waals surface area (Å²) in [7, 11) is 1.89. The molecular weight excluding hydrogens is 240 g/mol. The minimum absolute atomic E-state index is 0.0769. The Morgan fingerprint density at radius 1 is 1.32 bits per heavy atom. The van der Waals surface area contributed by atoms with Crippen molar-refractivity contribution in [2.75, 3.05) is 13.7 Å². The molecule has 1 aliphatic carbocycles. The average Bonchev–Trinajstić information content (AvgIpc) is 2.48. The molecule has 0 saturated heterocycles. The number of amides is 1. The molecule has 4 nitrogen and oxygen atoms in total. The minimum Gasteiger partial charge on any atom is -0.396 e. The molecule has 0 unspecified atom stereocenters. The van der Waals surface area contributed by atoms with Gasteiger partial charge in [0.2, 0.25) is 0 Å². The number of carbonyl (C=O) groups excluding carboxylic acids is 1. The van der Waals surface area contributed by atoms with Gasteiger partial charge in [0, 0.05) is 37.7 Å².